The van der Waals surface area contributed by atoms with Gasteiger partial charge in [0.15, 0.2) is 0 Å². The number of hydrogen-bond acceptors (Lipinski definition) is 1. The molecular weight excluding hydrogens is 218 g/mol. The van der Waals surface area contributed by atoms with Crippen LogP contribution in [0.3, 0.4) is 0 Å². The molecule has 0 radical (unpaired) electrons. The van der Waals surface area contributed by atoms with Crippen LogP contribution < -0.4 is 5.73 Å². The summed E-state index contributed by atoms with van der Waals surface area (Å²) in [5, 5.41) is 0.753. The van der Waals surface area contributed by atoms with Crippen LogP contribution in [0.5, 0.6) is 0 Å². The van der Waals surface area contributed by atoms with Gasteiger partial charge in [0.1, 0.15) is 0 Å². The summed E-state index contributed by atoms with van der Waals surface area (Å²) >= 11 is 5.97. The lowest BCUT2D eigenvalue weighted by Crippen LogP contribution is -2.04. The Balaban J connectivity index is 2.44. The van der Waals surface area contributed by atoms with Crippen LogP contribution in [0.2, 0.25) is 5.02 Å². The van der Waals surface area contributed by atoms with Gasteiger partial charge in [-0.15, -0.1) is 0 Å². The predicted molar refractivity (Wildman–Crippen MR) is 69.5 cm³/mol. The van der Waals surface area contributed by atoms with Crippen LogP contribution in [-0.4, -0.2) is 0 Å². The van der Waals surface area contributed by atoms with Gasteiger partial charge in [-0.2, -0.15) is 0 Å². The van der Waals surface area contributed by atoms with Crippen LogP contribution in [0.15, 0.2) is 48.5 Å². The molecule has 2 aromatic carbocycles. The van der Waals surface area contributed by atoms with Gasteiger partial charge in [0.2, 0.25) is 0 Å². The van der Waals surface area contributed by atoms with Crippen molar-refractivity contribution < 1.29 is 0 Å². The number of hydrogen-bond donors (Lipinski definition) is 1. The van der Waals surface area contributed by atoms with Gasteiger partial charge in [0.25, 0.3) is 0 Å². The van der Waals surface area contributed by atoms with E-state index in [1.165, 1.54) is 0 Å². The van der Waals surface area contributed by atoms with Crippen molar-refractivity contribution in [3.63, 3.8) is 0 Å². The average molecular weight is 232 g/mol. The lowest BCUT2D eigenvalue weighted by molar-refractivity contribution is 0.819. The molecule has 2 heteroatoms. The highest BCUT2D eigenvalue weighted by atomic mass is 35.5. The van der Waals surface area contributed by atoms with Gasteiger partial charge in [-0.05, 0) is 41.8 Å². The van der Waals surface area contributed by atoms with Crippen LogP contribution in [0, 0.1) is 0 Å². The topological polar surface area (TPSA) is 26.0 Å². The fourth-order valence-corrected chi connectivity index (χ4v) is 1.86. The largest absolute Gasteiger partial charge is 0.324 e. The van der Waals surface area contributed by atoms with E-state index < -0.39 is 0 Å². The Labute approximate surface area is 101 Å². The second-order valence-electron chi connectivity index (χ2n) is 3.92. The van der Waals surface area contributed by atoms with Crippen LogP contribution in [0.4, 0.5) is 0 Å². The maximum absolute atomic E-state index is 5.97. The summed E-state index contributed by atoms with van der Waals surface area (Å²) < 4.78 is 0. The molecule has 1 atom stereocenters. The Morgan fingerprint density at radius 1 is 1.00 bits per heavy atom. The van der Waals surface area contributed by atoms with Gasteiger partial charge in [0, 0.05) is 11.1 Å². The molecule has 0 aromatic heterocycles. The van der Waals surface area contributed by atoms with E-state index in [0.29, 0.717) is 0 Å². The average Bonchev–Trinajstić information content (AvgIpc) is 2.29. The maximum Gasteiger partial charge on any atom is 0.0412 e. The quantitative estimate of drug-likeness (QED) is 0.830. The molecular formula is C14H14ClN. The van der Waals surface area contributed by atoms with Crippen LogP contribution in [0.1, 0.15) is 18.5 Å². The number of rotatable bonds is 2. The highest BCUT2D eigenvalue weighted by Crippen LogP contribution is 2.24. The number of nitrogens with two attached hydrogens (primary N) is 1. The van der Waals surface area contributed by atoms with Gasteiger partial charge in [0.05, 0.1) is 0 Å². The second kappa shape index (κ2) is 4.69. The lowest BCUT2D eigenvalue weighted by Gasteiger charge is -2.08. The van der Waals surface area contributed by atoms with Crippen LogP contribution in [0.25, 0.3) is 11.1 Å². The van der Waals surface area contributed by atoms with E-state index in [4.69, 9.17) is 17.3 Å². The summed E-state index contributed by atoms with van der Waals surface area (Å²) in [4.78, 5) is 0. The highest BCUT2D eigenvalue weighted by Gasteiger charge is 2.02. The molecule has 0 aliphatic rings. The summed E-state index contributed by atoms with van der Waals surface area (Å²) in [5.74, 6) is 0. The summed E-state index contributed by atoms with van der Waals surface area (Å²) in [6.07, 6.45) is 0. The zero-order chi connectivity index (χ0) is 11.5. The van der Waals surface area contributed by atoms with Gasteiger partial charge in [-0.25, -0.2) is 0 Å². The standard InChI is InChI=1S/C14H14ClN/c1-10(16)11-4-2-5-12(8-11)13-6-3-7-14(15)9-13/h2-10H,16H2,1H3/t10-/m1/s1. The molecule has 0 saturated heterocycles. The predicted octanol–water partition coefficient (Wildman–Crippen LogP) is 4.03. The van der Waals surface area contributed by atoms with Gasteiger partial charge >= 0.3 is 0 Å². The molecule has 0 heterocycles. The van der Waals surface area contributed by atoms with Crippen LogP contribution >= 0.6 is 11.6 Å². The third-order valence-corrected chi connectivity index (χ3v) is 2.81. The highest BCUT2D eigenvalue weighted by molar-refractivity contribution is 6.30. The Bertz CT molecular complexity index is 492. The number of halogens is 1. The minimum atomic E-state index is 0.0548. The van der Waals surface area contributed by atoms with Crippen molar-refractivity contribution in [3.8, 4) is 11.1 Å². The van der Waals surface area contributed by atoms with E-state index in [2.05, 4.69) is 12.1 Å². The van der Waals surface area contributed by atoms with E-state index in [1.54, 1.807) is 0 Å². The molecule has 0 saturated carbocycles. The smallest absolute Gasteiger partial charge is 0.0412 e. The van der Waals surface area contributed by atoms with Gasteiger partial charge in [-0.3, -0.25) is 0 Å². The summed E-state index contributed by atoms with van der Waals surface area (Å²) in [6.45, 7) is 1.98. The molecule has 16 heavy (non-hydrogen) atoms. The Morgan fingerprint density at radius 2 is 1.62 bits per heavy atom. The van der Waals surface area contributed by atoms with E-state index in [-0.39, 0.29) is 6.04 Å². The molecule has 2 rings (SSSR count). The maximum atomic E-state index is 5.97. The normalized spacial score (nSPS) is 12.4. The minimum absolute atomic E-state index is 0.0548. The van der Waals surface area contributed by atoms with Gasteiger partial charge < -0.3 is 5.73 Å². The summed E-state index contributed by atoms with van der Waals surface area (Å²) in [5.41, 5.74) is 9.27. The SMILES string of the molecule is C[C@@H](N)c1cccc(-c2cccc(Cl)c2)c1. The van der Waals surface area contributed by atoms with Crippen molar-refractivity contribution in [1.82, 2.24) is 0 Å². The lowest BCUT2D eigenvalue weighted by atomic mass is 10.0. The van der Waals surface area contributed by atoms with Gasteiger partial charge in [-0.1, -0.05) is 41.9 Å². The Kier molecular flexibility index (Phi) is 3.28. The third-order valence-electron chi connectivity index (χ3n) is 2.57. The van der Waals surface area contributed by atoms with Crippen molar-refractivity contribution in [2.75, 3.05) is 0 Å². The molecule has 0 amide bonds. The molecule has 0 fully saturated rings. The molecule has 1 nitrogen and oxygen atoms in total. The van der Waals surface area contributed by atoms with Crippen molar-refractivity contribution in [2.24, 2.45) is 5.73 Å². The molecule has 2 aromatic rings. The molecule has 0 spiro atoms. The van der Waals surface area contributed by atoms with Crippen LogP contribution in [-0.2, 0) is 0 Å². The van der Waals surface area contributed by atoms with E-state index in [9.17, 15) is 0 Å². The number of benzene rings is 2. The molecule has 0 unspecified atom stereocenters. The summed E-state index contributed by atoms with van der Waals surface area (Å²) in [7, 11) is 0. The Morgan fingerprint density at radius 3 is 2.25 bits per heavy atom. The first-order valence-electron chi connectivity index (χ1n) is 5.28. The molecule has 0 aliphatic heterocycles. The van der Waals surface area contributed by atoms with E-state index in [0.717, 1.165) is 21.7 Å². The van der Waals surface area contributed by atoms with Crippen molar-refractivity contribution >= 4 is 11.6 Å². The molecule has 82 valence electrons. The molecule has 0 aliphatic carbocycles. The fourth-order valence-electron chi connectivity index (χ4n) is 1.67. The van der Waals surface area contributed by atoms with E-state index in [1.807, 2.05) is 43.3 Å². The third kappa shape index (κ3) is 2.43. The van der Waals surface area contributed by atoms with Crippen molar-refractivity contribution in [3.05, 3.63) is 59.1 Å². The van der Waals surface area contributed by atoms with Crippen molar-refractivity contribution in [1.29, 1.82) is 0 Å². The first kappa shape index (κ1) is 11.2. The van der Waals surface area contributed by atoms with E-state index >= 15 is 0 Å². The molecule has 2 N–H and O–H groups in total. The van der Waals surface area contributed by atoms with Crippen molar-refractivity contribution in [2.45, 2.75) is 13.0 Å². The summed E-state index contributed by atoms with van der Waals surface area (Å²) in [6, 6.07) is 16.1. The zero-order valence-electron chi connectivity index (χ0n) is 9.15. The first-order chi connectivity index (χ1) is 7.66. The first-order valence-corrected chi connectivity index (χ1v) is 5.66. The second-order valence-corrected chi connectivity index (χ2v) is 4.36. The zero-order valence-corrected chi connectivity index (χ0v) is 9.91. The fraction of sp³-hybridized carbons (Fsp3) is 0.143. The monoisotopic (exact) mass is 231 g/mol. The molecule has 0 bridgehead atoms. The Hall–Kier alpha value is -1.31. The minimum Gasteiger partial charge on any atom is -0.324 e.